The van der Waals surface area contributed by atoms with Crippen LogP contribution in [0.15, 0.2) is 23.1 Å². The van der Waals surface area contributed by atoms with Crippen LogP contribution in [-0.2, 0) is 21.2 Å². The molecule has 0 aliphatic heterocycles. The van der Waals surface area contributed by atoms with Crippen molar-refractivity contribution >= 4 is 27.7 Å². The number of hydrogen-bond acceptors (Lipinski definition) is 5. The molecule has 1 amide bonds. The molecule has 0 saturated carbocycles. The maximum atomic E-state index is 11.6. The summed E-state index contributed by atoms with van der Waals surface area (Å²) in [6.45, 7) is 1.46. The fraction of sp³-hybridized carbons (Fsp3) is 0.462. The number of carbonyl (C=O) groups excluding carboxylic acids is 1. The second kappa shape index (κ2) is 7.67. The number of hydrogen-bond donors (Lipinski definition) is 2. The lowest BCUT2D eigenvalue weighted by Crippen LogP contribution is -2.36. The van der Waals surface area contributed by atoms with Crippen LogP contribution in [0, 0.1) is 0 Å². The molecule has 1 unspecified atom stereocenters. The summed E-state index contributed by atoms with van der Waals surface area (Å²) >= 11 is 1.61. The number of carbonyl (C=O) groups is 1. The SMILES string of the molecule is COc1ccc(CC(CSC)NC(C)=O)cc1S(N)(=O)=O. The zero-order chi connectivity index (χ0) is 16.0. The van der Waals surface area contributed by atoms with Gasteiger partial charge in [-0.3, -0.25) is 4.79 Å². The summed E-state index contributed by atoms with van der Waals surface area (Å²) in [7, 11) is -2.47. The normalized spacial score (nSPS) is 12.8. The van der Waals surface area contributed by atoms with Gasteiger partial charge in [-0.25, -0.2) is 13.6 Å². The molecule has 21 heavy (non-hydrogen) atoms. The topological polar surface area (TPSA) is 98.5 Å². The van der Waals surface area contributed by atoms with E-state index in [1.807, 2.05) is 6.26 Å². The van der Waals surface area contributed by atoms with Crippen molar-refractivity contribution in [3.8, 4) is 5.75 Å². The number of nitrogens with two attached hydrogens (primary N) is 1. The Kier molecular flexibility index (Phi) is 6.50. The lowest BCUT2D eigenvalue weighted by atomic mass is 10.1. The van der Waals surface area contributed by atoms with Crippen molar-refractivity contribution in [3.05, 3.63) is 23.8 Å². The Balaban J connectivity index is 3.05. The van der Waals surface area contributed by atoms with Crippen molar-refractivity contribution < 1.29 is 17.9 Å². The van der Waals surface area contributed by atoms with E-state index in [0.29, 0.717) is 6.42 Å². The molecule has 1 aromatic rings. The van der Waals surface area contributed by atoms with E-state index in [0.717, 1.165) is 11.3 Å². The molecular formula is C13H20N2O4S2. The summed E-state index contributed by atoms with van der Waals surface area (Å²) in [5, 5.41) is 8.03. The molecule has 118 valence electrons. The number of amides is 1. The lowest BCUT2D eigenvalue weighted by molar-refractivity contribution is -0.119. The highest BCUT2D eigenvalue weighted by Gasteiger charge is 2.17. The molecule has 1 atom stereocenters. The quantitative estimate of drug-likeness (QED) is 0.768. The molecule has 0 spiro atoms. The minimum absolute atomic E-state index is 0.0479. The minimum Gasteiger partial charge on any atom is -0.495 e. The van der Waals surface area contributed by atoms with Gasteiger partial charge >= 0.3 is 0 Å². The third-order valence-electron chi connectivity index (χ3n) is 2.79. The maximum Gasteiger partial charge on any atom is 0.241 e. The first-order valence-electron chi connectivity index (χ1n) is 6.23. The van der Waals surface area contributed by atoms with Gasteiger partial charge in [0.1, 0.15) is 10.6 Å². The Morgan fingerprint density at radius 3 is 2.62 bits per heavy atom. The lowest BCUT2D eigenvalue weighted by Gasteiger charge is -2.17. The number of benzene rings is 1. The van der Waals surface area contributed by atoms with E-state index in [1.165, 1.54) is 20.1 Å². The van der Waals surface area contributed by atoms with Crippen LogP contribution in [0.25, 0.3) is 0 Å². The third-order valence-corrected chi connectivity index (χ3v) is 4.46. The van der Waals surface area contributed by atoms with Crippen molar-refractivity contribution in [3.63, 3.8) is 0 Å². The zero-order valence-corrected chi connectivity index (χ0v) is 13.9. The van der Waals surface area contributed by atoms with E-state index < -0.39 is 10.0 Å². The molecule has 0 bridgehead atoms. The molecule has 0 radical (unpaired) electrons. The Hall–Kier alpha value is -1.25. The van der Waals surface area contributed by atoms with Gasteiger partial charge in [0, 0.05) is 18.7 Å². The number of rotatable bonds is 7. The summed E-state index contributed by atoms with van der Waals surface area (Å²) in [6.07, 6.45) is 2.46. The average Bonchev–Trinajstić information content (AvgIpc) is 2.37. The first kappa shape index (κ1) is 17.8. The number of methoxy groups -OCH3 is 1. The Morgan fingerprint density at radius 2 is 2.14 bits per heavy atom. The number of sulfonamides is 1. The fourth-order valence-corrected chi connectivity index (χ4v) is 3.35. The van der Waals surface area contributed by atoms with Crippen LogP contribution in [-0.4, -0.2) is 39.5 Å². The van der Waals surface area contributed by atoms with Gasteiger partial charge in [0.2, 0.25) is 15.9 Å². The zero-order valence-electron chi connectivity index (χ0n) is 12.3. The van der Waals surface area contributed by atoms with Gasteiger partial charge in [0.05, 0.1) is 7.11 Å². The first-order chi connectivity index (χ1) is 9.77. The van der Waals surface area contributed by atoms with E-state index in [-0.39, 0.29) is 22.6 Å². The molecule has 0 aromatic heterocycles. The molecular weight excluding hydrogens is 312 g/mol. The van der Waals surface area contributed by atoms with Gasteiger partial charge in [-0.15, -0.1) is 0 Å². The highest BCUT2D eigenvalue weighted by molar-refractivity contribution is 7.98. The van der Waals surface area contributed by atoms with E-state index in [2.05, 4.69) is 5.32 Å². The number of primary sulfonamides is 1. The van der Waals surface area contributed by atoms with Gasteiger partial charge in [0.25, 0.3) is 0 Å². The minimum atomic E-state index is -3.86. The van der Waals surface area contributed by atoms with Gasteiger partial charge < -0.3 is 10.1 Å². The first-order valence-corrected chi connectivity index (χ1v) is 9.17. The molecule has 6 nitrogen and oxygen atoms in total. The van der Waals surface area contributed by atoms with E-state index in [1.54, 1.807) is 23.9 Å². The highest BCUT2D eigenvalue weighted by atomic mass is 32.2. The number of ether oxygens (including phenoxy) is 1. The standard InChI is InChI=1S/C13H20N2O4S2/c1-9(16)15-11(8-20-3)6-10-4-5-12(19-2)13(7-10)21(14,17)18/h4-5,7,11H,6,8H2,1-3H3,(H,15,16)(H2,14,17,18). The van der Waals surface area contributed by atoms with Gasteiger partial charge in [-0.05, 0) is 30.4 Å². The fourth-order valence-electron chi connectivity index (χ4n) is 2.00. The van der Waals surface area contributed by atoms with Crippen LogP contribution in [0.4, 0.5) is 0 Å². The average molecular weight is 332 g/mol. The highest BCUT2D eigenvalue weighted by Crippen LogP contribution is 2.24. The largest absolute Gasteiger partial charge is 0.495 e. The van der Waals surface area contributed by atoms with Crippen molar-refractivity contribution in [2.75, 3.05) is 19.1 Å². The van der Waals surface area contributed by atoms with Crippen molar-refractivity contribution in [2.45, 2.75) is 24.3 Å². The van der Waals surface area contributed by atoms with Crippen LogP contribution in [0.3, 0.4) is 0 Å². The number of nitrogens with one attached hydrogen (secondary N) is 1. The molecule has 1 rings (SSSR count). The van der Waals surface area contributed by atoms with Crippen LogP contribution >= 0.6 is 11.8 Å². The molecule has 0 fully saturated rings. The number of thioether (sulfide) groups is 1. The van der Waals surface area contributed by atoms with E-state index in [4.69, 9.17) is 9.88 Å². The third kappa shape index (κ3) is 5.56. The molecule has 1 aromatic carbocycles. The smallest absolute Gasteiger partial charge is 0.241 e. The van der Waals surface area contributed by atoms with Crippen LogP contribution in [0.2, 0.25) is 0 Å². The van der Waals surface area contributed by atoms with Gasteiger partial charge in [0.15, 0.2) is 0 Å². The van der Waals surface area contributed by atoms with Crippen LogP contribution < -0.4 is 15.2 Å². The predicted molar refractivity (Wildman–Crippen MR) is 84.1 cm³/mol. The van der Waals surface area contributed by atoms with Crippen molar-refractivity contribution in [1.29, 1.82) is 0 Å². The molecule has 8 heteroatoms. The van der Waals surface area contributed by atoms with Crippen LogP contribution in [0.1, 0.15) is 12.5 Å². The Labute approximate surface area is 129 Å². The summed E-state index contributed by atoms with van der Waals surface area (Å²) < 4.78 is 28.2. The summed E-state index contributed by atoms with van der Waals surface area (Å²) in [6, 6.07) is 4.75. The predicted octanol–water partition coefficient (Wildman–Crippen LogP) is 0.753. The molecule has 3 N–H and O–H groups in total. The molecule has 0 aliphatic carbocycles. The maximum absolute atomic E-state index is 11.6. The summed E-state index contributed by atoms with van der Waals surface area (Å²) in [5.41, 5.74) is 0.771. The second-order valence-electron chi connectivity index (χ2n) is 4.59. The Morgan fingerprint density at radius 1 is 1.48 bits per heavy atom. The molecule has 0 heterocycles. The van der Waals surface area contributed by atoms with Crippen LogP contribution in [0.5, 0.6) is 5.75 Å². The molecule has 0 aliphatic rings. The van der Waals surface area contributed by atoms with E-state index in [9.17, 15) is 13.2 Å². The van der Waals surface area contributed by atoms with Gasteiger partial charge in [-0.1, -0.05) is 6.07 Å². The van der Waals surface area contributed by atoms with Crippen molar-refractivity contribution in [2.24, 2.45) is 5.14 Å². The summed E-state index contributed by atoms with van der Waals surface area (Å²) in [5.74, 6) is 0.826. The van der Waals surface area contributed by atoms with Crippen molar-refractivity contribution in [1.82, 2.24) is 5.32 Å². The Bertz CT molecular complexity index is 602. The second-order valence-corrected chi connectivity index (χ2v) is 7.03. The molecule has 0 saturated heterocycles. The summed E-state index contributed by atoms with van der Waals surface area (Å²) in [4.78, 5) is 11.1. The van der Waals surface area contributed by atoms with Gasteiger partial charge in [-0.2, -0.15) is 11.8 Å². The van der Waals surface area contributed by atoms with E-state index >= 15 is 0 Å². The monoisotopic (exact) mass is 332 g/mol.